The van der Waals surface area contributed by atoms with Gasteiger partial charge in [-0.25, -0.2) is 0 Å². The van der Waals surface area contributed by atoms with E-state index in [1.54, 1.807) is 11.3 Å². The molecule has 100 valence electrons. The maximum Gasteiger partial charge on any atom is 0.163 e. The summed E-state index contributed by atoms with van der Waals surface area (Å²) < 4.78 is 0. The fourth-order valence-electron chi connectivity index (χ4n) is 2.36. The van der Waals surface area contributed by atoms with Crippen molar-refractivity contribution in [2.75, 3.05) is 0 Å². The quantitative estimate of drug-likeness (QED) is 0.663. The summed E-state index contributed by atoms with van der Waals surface area (Å²) in [5, 5.41) is 3.00. The zero-order valence-corrected chi connectivity index (χ0v) is 12.1. The molecular formula is C17H15NOS. The molecule has 20 heavy (non-hydrogen) atoms. The fraction of sp³-hybridized carbons (Fsp3) is 0.176. The van der Waals surface area contributed by atoms with E-state index in [1.807, 2.05) is 48.7 Å². The second-order valence-electron chi connectivity index (χ2n) is 4.83. The number of thiophene rings is 1. The smallest absolute Gasteiger partial charge is 0.163 e. The number of para-hydroxylation sites is 1. The highest BCUT2D eigenvalue weighted by Gasteiger charge is 2.12. The number of hydrogen-bond acceptors (Lipinski definition) is 3. The van der Waals surface area contributed by atoms with Crippen molar-refractivity contribution in [1.82, 2.24) is 4.98 Å². The number of Topliss-reactive ketones (excluding diaryl/α,β-unsaturated/α-hetero) is 1. The molecule has 0 saturated carbocycles. The molecule has 0 N–H and O–H groups in total. The lowest BCUT2D eigenvalue weighted by Crippen LogP contribution is -2.03. The predicted octanol–water partition coefficient (Wildman–Crippen LogP) is 4.42. The van der Waals surface area contributed by atoms with Crippen molar-refractivity contribution in [1.29, 1.82) is 0 Å². The fourth-order valence-corrected chi connectivity index (χ4v) is 3.07. The van der Waals surface area contributed by atoms with Crippen molar-refractivity contribution in [2.45, 2.75) is 19.8 Å². The molecular weight excluding hydrogens is 266 g/mol. The number of rotatable bonds is 4. The molecule has 3 rings (SSSR count). The zero-order valence-electron chi connectivity index (χ0n) is 11.3. The van der Waals surface area contributed by atoms with Crippen LogP contribution in [0.1, 0.15) is 27.3 Å². The second-order valence-corrected chi connectivity index (χ2v) is 5.86. The summed E-state index contributed by atoms with van der Waals surface area (Å²) in [6.45, 7) is 1.93. The summed E-state index contributed by atoms with van der Waals surface area (Å²) >= 11 is 1.70. The van der Waals surface area contributed by atoms with Gasteiger partial charge < -0.3 is 0 Å². The van der Waals surface area contributed by atoms with Gasteiger partial charge in [0.1, 0.15) is 0 Å². The second kappa shape index (κ2) is 5.55. The largest absolute Gasteiger partial charge is 0.294 e. The lowest BCUT2D eigenvalue weighted by molar-refractivity contribution is 0.0984. The molecule has 0 radical (unpaired) electrons. The van der Waals surface area contributed by atoms with Crippen LogP contribution in [0, 0.1) is 6.92 Å². The zero-order chi connectivity index (χ0) is 13.9. The number of carbonyl (C=O) groups is 1. The van der Waals surface area contributed by atoms with Crippen LogP contribution in [-0.4, -0.2) is 10.8 Å². The molecule has 0 aliphatic rings. The first-order valence-corrected chi connectivity index (χ1v) is 7.54. The molecule has 2 heterocycles. The first-order valence-electron chi connectivity index (χ1n) is 6.66. The van der Waals surface area contributed by atoms with E-state index in [0.29, 0.717) is 6.42 Å². The first-order chi connectivity index (χ1) is 9.74. The number of nitrogens with zero attached hydrogens (tertiary/aromatic N) is 1. The summed E-state index contributed by atoms with van der Waals surface area (Å²) in [6.07, 6.45) is 1.36. The Hall–Kier alpha value is -2.00. The Balaban J connectivity index is 1.90. The lowest BCUT2D eigenvalue weighted by atomic mass is 10.0. The number of pyridine rings is 1. The van der Waals surface area contributed by atoms with Crippen molar-refractivity contribution in [3.63, 3.8) is 0 Å². The third-order valence-electron chi connectivity index (χ3n) is 3.32. The van der Waals surface area contributed by atoms with E-state index in [0.717, 1.165) is 28.6 Å². The van der Waals surface area contributed by atoms with Crippen LogP contribution in [0.2, 0.25) is 0 Å². The molecule has 2 aromatic heterocycles. The maximum atomic E-state index is 12.5. The summed E-state index contributed by atoms with van der Waals surface area (Å²) in [4.78, 5) is 18.2. The van der Waals surface area contributed by atoms with Crippen LogP contribution >= 0.6 is 11.3 Å². The molecule has 0 aliphatic carbocycles. The molecule has 0 atom stereocenters. The van der Waals surface area contributed by atoms with E-state index in [1.165, 1.54) is 4.88 Å². The van der Waals surface area contributed by atoms with Crippen molar-refractivity contribution < 1.29 is 4.79 Å². The van der Waals surface area contributed by atoms with Crippen LogP contribution in [0.4, 0.5) is 0 Å². The minimum atomic E-state index is 0.195. The van der Waals surface area contributed by atoms with Crippen molar-refractivity contribution in [3.05, 3.63) is 64.0 Å². The number of carbonyl (C=O) groups excluding carboxylic acids is 1. The molecule has 3 heteroatoms. The van der Waals surface area contributed by atoms with Crippen molar-refractivity contribution in [3.8, 4) is 0 Å². The summed E-state index contributed by atoms with van der Waals surface area (Å²) in [6, 6.07) is 13.8. The third kappa shape index (κ3) is 2.63. The van der Waals surface area contributed by atoms with Crippen LogP contribution in [-0.2, 0) is 6.42 Å². The number of aromatic nitrogens is 1. The monoisotopic (exact) mass is 281 g/mol. The molecule has 0 aliphatic heterocycles. The number of benzene rings is 1. The summed E-state index contributed by atoms with van der Waals surface area (Å²) in [7, 11) is 0. The minimum absolute atomic E-state index is 0.195. The highest BCUT2D eigenvalue weighted by atomic mass is 32.1. The Morgan fingerprint density at radius 3 is 2.85 bits per heavy atom. The number of aryl methyl sites for hydroxylation is 2. The molecule has 2 nitrogen and oxygen atoms in total. The third-order valence-corrected chi connectivity index (χ3v) is 4.26. The standard InChI is InChI=1S/C17H15NOS/c1-12-11-15(14-6-2-3-7-16(14)18-12)17(19)9-8-13-5-4-10-20-13/h2-7,10-11H,8-9H2,1H3. The van der Waals surface area contributed by atoms with E-state index in [-0.39, 0.29) is 5.78 Å². The topological polar surface area (TPSA) is 30.0 Å². The average Bonchev–Trinajstić information content (AvgIpc) is 2.97. The molecule has 0 amide bonds. The molecule has 0 fully saturated rings. The highest BCUT2D eigenvalue weighted by molar-refractivity contribution is 7.09. The van der Waals surface area contributed by atoms with Crippen LogP contribution in [0.3, 0.4) is 0 Å². The molecule has 0 bridgehead atoms. The van der Waals surface area contributed by atoms with Crippen LogP contribution in [0.5, 0.6) is 0 Å². The van der Waals surface area contributed by atoms with Gasteiger partial charge in [-0.05, 0) is 36.9 Å². The van der Waals surface area contributed by atoms with Gasteiger partial charge in [0.15, 0.2) is 5.78 Å². The Morgan fingerprint density at radius 2 is 2.05 bits per heavy atom. The molecule has 0 unspecified atom stereocenters. The van der Waals surface area contributed by atoms with Crippen LogP contribution < -0.4 is 0 Å². The summed E-state index contributed by atoms with van der Waals surface area (Å²) in [5.41, 5.74) is 2.58. The Kier molecular flexibility index (Phi) is 3.61. The molecule has 0 spiro atoms. The van der Waals surface area contributed by atoms with Gasteiger partial charge in [0.2, 0.25) is 0 Å². The summed E-state index contributed by atoms with van der Waals surface area (Å²) in [5.74, 6) is 0.195. The van der Waals surface area contributed by atoms with Gasteiger partial charge in [0.25, 0.3) is 0 Å². The minimum Gasteiger partial charge on any atom is -0.294 e. The number of fused-ring (bicyclic) bond motifs is 1. The molecule has 0 saturated heterocycles. The Morgan fingerprint density at radius 1 is 1.20 bits per heavy atom. The van der Waals surface area contributed by atoms with Gasteiger partial charge in [-0.3, -0.25) is 9.78 Å². The number of hydrogen-bond donors (Lipinski definition) is 0. The predicted molar refractivity (Wildman–Crippen MR) is 83.5 cm³/mol. The van der Waals surface area contributed by atoms with E-state index >= 15 is 0 Å². The van der Waals surface area contributed by atoms with Crippen molar-refractivity contribution in [2.24, 2.45) is 0 Å². The van der Waals surface area contributed by atoms with Gasteiger partial charge >= 0.3 is 0 Å². The molecule has 1 aromatic carbocycles. The van der Waals surface area contributed by atoms with Crippen molar-refractivity contribution >= 4 is 28.0 Å². The van der Waals surface area contributed by atoms with Gasteiger partial charge in [-0.1, -0.05) is 24.3 Å². The normalized spacial score (nSPS) is 10.8. The van der Waals surface area contributed by atoms with Gasteiger partial charge in [-0.2, -0.15) is 0 Å². The average molecular weight is 281 g/mol. The van der Waals surface area contributed by atoms with Crippen LogP contribution in [0.25, 0.3) is 10.9 Å². The highest BCUT2D eigenvalue weighted by Crippen LogP contribution is 2.21. The van der Waals surface area contributed by atoms with Gasteiger partial charge in [-0.15, -0.1) is 11.3 Å². The van der Waals surface area contributed by atoms with Crippen LogP contribution in [0.15, 0.2) is 47.8 Å². The van der Waals surface area contributed by atoms with E-state index in [2.05, 4.69) is 11.1 Å². The van der Waals surface area contributed by atoms with Gasteiger partial charge in [0.05, 0.1) is 5.52 Å². The Labute approximate surface area is 122 Å². The number of ketones is 1. The maximum absolute atomic E-state index is 12.5. The first kappa shape index (κ1) is 13.0. The van der Waals surface area contributed by atoms with E-state index in [4.69, 9.17) is 0 Å². The van der Waals surface area contributed by atoms with E-state index in [9.17, 15) is 4.79 Å². The SMILES string of the molecule is Cc1cc(C(=O)CCc2cccs2)c2ccccc2n1. The molecule has 3 aromatic rings. The Bertz CT molecular complexity index is 747. The lowest BCUT2D eigenvalue weighted by Gasteiger charge is -2.06. The van der Waals surface area contributed by atoms with Gasteiger partial charge in [0, 0.05) is 27.9 Å². The van der Waals surface area contributed by atoms with E-state index < -0.39 is 0 Å².